The van der Waals surface area contributed by atoms with Gasteiger partial charge in [-0.1, -0.05) is 18.2 Å². The average molecular weight is 426 g/mol. The van der Waals surface area contributed by atoms with E-state index in [-0.39, 0.29) is 12.5 Å². The van der Waals surface area contributed by atoms with Crippen LogP contribution < -0.4 is 20.1 Å². The summed E-state index contributed by atoms with van der Waals surface area (Å²) in [5, 5.41) is 15.2. The highest BCUT2D eigenvalue weighted by Gasteiger charge is 2.30. The van der Waals surface area contributed by atoms with E-state index < -0.39 is 23.9 Å². The lowest BCUT2D eigenvalue weighted by Gasteiger charge is -2.20. The summed E-state index contributed by atoms with van der Waals surface area (Å²) in [6, 6.07) is 9.14. The molecule has 0 aliphatic rings. The Kier molecular flexibility index (Phi) is 8.08. The number of likely N-dealkylation sites (N-methyl/N-ethyl adjacent to an activating group) is 1. The number of alkyl halides is 3. The van der Waals surface area contributed by atoms with Crippen LogP contribution in [-0.2, 0) is 24.1 Å². The van der Waals surface area contributed by atoms with Gasteiger partial charge in [0.1, 0.15) is 12.6 Å². The number of carbonyl (C=O) groups excluding carboxylic acids is 1. The molecule has 2 aromatic carbocycles. The minimum Gasteiger partial charge on any atom is -0.493 e. The van der Waals surface area contributed by atoms with E-state index in [1.54, 1.807) is 18.2 Å². The monoisotopic (exact) mass is 426 g/mol. The molecular formula is C21H25F3N2O4. The van der Waals surface area contributed by atoms with Gasteiger partial charge in [-0.2, -0.15) is 13.2 Å². The van der Waals surface area contributed by atoms with Crippen molar-refractivity contribution in [3.05, 3.63) is 59.2 Å². The lowest BCUT2D eigenvalue weighted by Crippen LogP contribution is -2.49. The van der Waals surface area contributed by atoms with Crippen molar-refractivity contribution in [3.63, 3.8) is 0 Å². The van der Waals surface area contributed by atoms with Crippen LogP contribution in [0.25, 0.3) is 0 Å². The third kappa shape index (κ3) is 6.36. The molecular weight excluding hydrogens is 401 g/mol. The van der Waals surface area contributed by atoms with Crippen LogP contribution in [0.5, 0.6) is 11.5 Å². The first-order valence-corrected chi connectivity index (χ1v) is 9.24. The van der Waals surface area contributed by atoms with Crippen molar-refractivity contribution in [2.75, 3.05) is 14.2 Å². The van der Waals surface area contributed by atoms with Crippen LogP contribution in [0.1, 0.15) is 23.6 Å². The number of carbonyl (C=O) groups is 1. The average Bonchev–Trinajstić information content (AvgIpc) is 2.71. The molecule has 0 saturated heterocycles. The van der Waals surface area contributed by atoms with Gasteiger partial charge in [0.2, 0.25) is 5.91 Å². The number of methoxy groups -OCH3 is 1. The van der Waals surface area contributed by atoms with Crippen molar-refractivity contribution in [2.45, 2.75) is 38.4 Å². The second-order valence-corrected chi connectivity index (χ2v) is 6.68. The summed E-state index contributed by atoms with van der Waals surface area (Å²) in [4.78, 5) is 11.8. The molecule has 3 N–H and O–H groups in total. The number of aliphatic hydroxyl groups is 1. The van der Waals surface area contributed by atoms with Gasteiger partial charge in [-0.25, -0.2) is 0 Å². The Morgan fingerprint density at radius 3 is 2.27 bits per heavy atom. The van der Waals surface area contributed by atoms with E-state index in [1.165, 1.54) is 33.2 Å². The summed E-state index contributed by atoms with van der Waals surface area (Å²) in [7, 11) is 2.96. The Bertz CT molecular complexity index is 839. The van der Waals surface area contributed by atoms with E-state index >= 15 is 0 Å². The number of rotatable bonds is 9. The van der Waals surface area contributed by atoms with Gasteiger partial charge in [-0.05, 0) is 42.3 Å². The molecule has 0 radical (unpaired) electrons. The molecule has 1 amide bonds. The Balaban J connectivity index is 2.02. The fourth-order valence-corrected chi connectivity index (χ4v) is 2.76. The summed E-state index contributed by atoms with van der Waals surface area (Å²) in [6.07, 6.45) is -5.25. The van der Waals surface area contributed by atoms with Gasteiger partial charge < -0.3 is 19.9 Å². The molecule has 1 unspecified atom stereocenters. The van der Waals surface area contributed by atoms with Crippen LogP contribution >= 0.6 is 0 Å². The maximum Gasteiger partial charge on any atom is 0.416 e. The quantitative estimate of drug-likeness (QED) is 0.575. The number of ether oxygens (including phenoxy) is 2. The predicted octanol–water partition coefficient (Wildman–Crippen LogP) is 2.88. The van der Waals surface area contributed by atoms with Gasteiger partial charge >= 0.3 is 6.18 Å². The summed E-state index contributed by atoms with van der Waals surface area (Å²) < 4.78 is 48.9. The second-order valence-electron chi connectivity index (χ2n) is 6.68. The number of halogens is 3. The highest BCUT2D eigenvalue weighted by molar-refractivity contribution is 5.82. The van der Waals surface area contributed by atoms with Crippen molar-refractivity contribution in [2.24, 2.45) is 0 Å². The molecule has 2 rings (SSSR count). The van der Waals surface area contributed by atoms with Gasteiger partial charge in [0, 0.05) is 13.6 Å². The van der Waals surface area contributed by atoms with Crippen molar-refractivity contribution in [3.8, 4) is 11.5 Å². The molecule has 6 nitrogen and oxygen atoms in total. The third-order valence-electron chi connectivity index (χ3n) is 4.44. The molecule has 0 aliphatic heterocycles. The summed E-state index contributed by atoms with van der Waals surface area (Å²) >= 11 is 0. The highest BCUT2D eigenvalue weighted by atomic mass is 19.4. The topological polar surface area (TPSA) is 79.8 Å². The molecule has 164 valence electrons. The van der Waals surface area contributed by atoms with Gasteiger partial charge in [-0.15, -0.1) is 0 Å². The molecule has 0 saturated carbocycles. The molecule has 9 heteroatoms. The number of nitrogens with one attached hydrogen (secondary N) is 2. The molecule has 0 fully saturated rings. The molecule has 0 aromatic heterocycles. The maximum absolute atomic E-state index is 12.6. The number of hydrogen-bond acceptors (Lipinski definition) is 5. The fraction of sp³-hybridized carbons (Fsp3) is 0.381. The summed E-state index contributed by atoms with van der Waals surface area (Å²) in [5.74, 6) is 0.544. The van der Waals surface area contributed by atoms with Gasteiger partial charge in [0.05, 0.1) is 18.8 Å². The third-order valence-corrected chi connectivity index (χ3v) is 4.44. The van der Waals surface area contributed by atoms with Crippen molar-refractivity contribution < 1.29 is 32.5 Å². The van der Waals surface area contributed by atoms with Crippen LogP contribution in [0.3, 0.4) is 0 Å². The molecule has 2 aromatic rings. The van der Waals surface area contributed by atoms with Crippen LogP contribution in [0.2, 0.25) is 0 Å². The maximum atomic E-state index is 12.6. The summed E-state index contributed by atoms with van der Waals surface area (Å²) in [5.41, 5.74) is 0.664. The van der Waals surface area contributed by atoms with Crippen LogP contribution in [-0.4, -0.2) is 37.3 Å². The van der Waals surface area contributed by atoms with Crippen LogP contribution in [0.15, 0.2) is 42.5 Å². The SMILES string of the molecule is CNC(=O)C(NCc1ccc(OCc2ccc(C(F)(F)F)cc2)c(OC)c1)[C@H](C)O. The van der Waals surface area contributed by atoms with Gasteiger partial charge in [0.25, 0.3) is 0 Å². The molecule has 0 aliphatic carbocycles. The van der Waals surface area contributed by atoms with Gasteiger partial charge in [-0.3, -0.25) is 10.1 Å². The van der Waals surface area contributed by atoms with E-state index in [0.29, 0.717) is 23.6 Å². The minimum atomic E-state index is -4.38. The fourth-order valence-electron chi connectivity index (χ4n) is 2.76. The first kappa shape index (κ1) is 23.5. The minimum absolute atomic E-state index is 0.0763. The van der Waals surface area contributed by atoms with E-state index in [9.17, 15) is 23.1 Å². The molecule has 0 bridgehead atoms. The predicted molar refractivity (Wildman–Crippen MR) is 105 cm³/mol. The zero-order valence-corrected chi connectivity index (χ0v) is 16.9. The number of benzene rings is 2. The lowest BCUT2D eigenvalue weighted by atomic mass is 10.1. The molecule has 0 spiro atoms. The van der Waals surface area contributed by atoms with E-state index in [1.807, 2.05) is 0 Å². The highest BCUT2D eigenvalue weighted by Crippen LogP contribution is 2.31. The van der Waals surface area contributed by atoms with Crippen LogP contribution in [0, 0.1) is 0 Å². The second kappa shape index (κ2) is 10.3. The normalized spacial score (nSPS) is 13.4. The first-order valence-electron chi connectivity index (χ1n) is 9.24. The molecule has 2 atom stereocenters. The smallest absolute Gasteiger partial charge is 0.416 e. The Morgan fingerprint density at radius 2 is 1.73 bits per heavy atom. The standard InChI is InChI=1S/C21H25F3N2O4/c1-13(27)19(20(28)25-2)26-11-15-6-9-17(18(10-15)29-3)30-12-14-4-7-16(8-5-14)21(22,23)24/h4-10,13,19,26-27H,11-12H2,1-3H3,(H,25,28)/t13-,19?/m0/s1. The van der Waals surface area contributed by atoms with Crippen molar-refractivity contribution >= 4 is 5.91 Å². The van der Waals surface area contributed by atoms with E-state index in [2.05, 4.69) is 10.6 Å². The van der Waals surface area contributed by atoms with Crippen molar-refractivity contribution in [1.82, 2.24) is 10.6 Å². The van der Waals surface area contributed by atoms with E-state index in [0.717, 1.165) is 17.7 Å². The number of amides is 1. The molecule has 0 heterocycles. The summed E-state index contributed by atoms with van der Waals surface area (Å²) in [6.45, 7) is 1.90. The largest absolute Gasteiger partial charge is 0.493 e. The van der Waals surface area contributed by atoms with Crippen molar-refractivity contribution in [1.29, 1.82) is 0 Å². The Labute approximate surface area is 173 Å². The first-order chi connectivity index (χ1) is 14.2. The lowest BCUT2D eigenvalue weighted by molar-refractivity contribution is -0.137. The Hall–Kier alpha value is -2.78. The number of aliphatic hydroxyl groups excluding tert-OH is 1. The zero-order chi connectivity index (χ0) is 22.3. The van der Waals surface area contributed by atoms with Crippen LogP contribution in [0.4, 0.5) is 13.2 Å². The van der Waals surface area contributed by atoms with Gasteiger partial charge in [0.15, 0.2) is 11.5 Å². The number of hydrogen-bond donors (Lipinski definition) is 3. The molecule has 30 heavy (non-hydrogen) atoms. The van der Waals surface area contributed by atoms with E-state index in [4.69, 9.17) is 9.47 Å². The Morgan fingerprint density at radius 1 is 1.10 bits per heavy atom. The zero-order valence-electron chi connectivity index (χ0n) is 16.9.